The van der Waals surface area contributed by atoms with Crippen LogP contribution in [0.2, 0.25) is 0 Å². The van der Waals surface area contributed by atoms with Crippen molar-refractivity contribution < 1.29 is 4.79 Å². The van der Waals surface area contributed by atoms with Gasteiger partial charge in [0.15, 0.2) is 5.96 Å². The molecule has 0 aliphatic carbocycles. The standard InChI is InChI=1S/C14H24N4O.HI/c1-7-8-16-13(15-6)17-9-12(19)18(11(2)3)14(4,5)10-17;/h1,11H,8-10H2,2-6H3,(H,15,16);1H. The van der Waals surface area contributed by atoms with Crippen LogP contribution in [0.1, 0.15) is 27.7 Å². The smallest absolute Gasteiger partial charge is 0.242 e. The van der Waals surface area contributed by atoms with E-state index < -0.39 is 0 Å². The van der Waals surface area contributed by atoms with E-state index in [1.54, 1.807) is 7.05 Å². The second kappa shape index (κ2) is 7.72. The predicted octanol–water partition coefficient (Wildman–Crippen LogP) is 1.14. The van der Waals surface area contributed by atoms with Gasteiger partial charge in [-0.1, -0.05) is 5.92 Å². The summed E-state index contributed by atoms with van der Waals surface area (Å²) < 4.78 is 0. The molecule has 0 bridgehead atoms. The number of piperazine rings is 1. The van der Waals surface area contributed by atoms with Crippen LogP contribution in [0.4, 0.5) is 0 Å². The van der Waals surface area contributed by atoms with Gasteiger partial charge in [0.1, 0.15) is 0 Å². The minimum atomic E-state index is -0.225. The Morgan fingerprint density at radius 2 is 2.15 bits per heavy atom. The third kappa shape index (κ3) is 4.27. The molecule has 1 fully saturated rings. The van der Waals surface area contributed by atoms with E-state index in [9.17, 15) is 4.79 Å². The van der Waals surface area contributed by atoms with Gasteiger partial charge in [0.25, 0.3) is 0 Å². The SMILES string of the molecule is C#CCNC(=NC)N1CC(=O)N(C(C)C)C(C)(C)C1.I. The van der Waals surface area contributed by atoms with Crippen LogP contribution in [0.5, 0.6) is 0 Å². The summed E-state index contributed by atoms with van der Waals surface area (Å²) in [6, 6.07) is 0.199. The molecule has 0 radical (unpaired) electrons. The predicted molar refractivity (Wildman–Crippen MR) is 93.2 cm³/mol. The number of rotatable bonds is 2. The van der Waals surface area contributed by atoms with Crippen molar-refractivity contribution in [1.29, 1.82) is 0 Å². The molecule has 0 aromatic carbocycles. The molecule has 0 saturated carbocycles. The monoisotopic (exact) mass is 392 g/mol. The first-order chi connectivity index (χ1) is 8.83. The Morgan fingerprint density at radius 3 is 2.55 bits per heavy atom. The minimum absolute atomic E-state index is 0. The fourth-order valence-electron chi connectivity index (χ4n) is 2.78. The van der Waals surface area contributed by atoms with Gasteiger partial charge in [-0.15, -0.1) is 30.4 Å². The number of hydrogen-bond acceptors (Lipinski definition) is 2. The molecule has 1 saturated heterocycles. The van der Waals surface area contributed by atoms with Gasteiger partial charge in [-0.25, -0.2) is 0 Å². The highest BCUT2D eigenvalue weighted by atomic mass is 127. The summed E-state index contributed by atoms with van der Waals surface area (Å²) >= 11 is 0. The Bertz CT molecular complexity index is 412. The van der Waals surface area contributed by atoms with Crippen LogP contribution in [0, 0.1) is 12.3 Å². The second-order valence-electron chi connectivity index (χ2n) is 5.63. The highest BCUT2D eigenvalue weighted by Gasteiger charge is 2.40. The molecule has 1 aliphatic heterocycles. The summed E-state index contributed by atoms with van der Waals surface area (Å²) in [6.45, 7) is 9.72. The number of nitrogens with one attached hydrogen (secondary N) is 1. The fourth-order valence-corrected chi connectivity index (χ4v) is 2.78. The van der Waals surface area contributed by atoms with Crippen LogP contribution >= 0.6 is 24.0 Å². The number of amides is 1. The molecule has 0 aromatic rings. The molecule has 114 valence electrons. The van der Waals surface area contributed by atoms with Gasteiger partial charge < -0.3 is 15.1 Å². The largest absolute Gasteiger partial charge is 0.345 e. The zero-order valence-corrected chi connectivity index (χ0v) is 15.3. The maximum Gasteiger partial charge on any atom is 0.242 e. The van der Waals surface area contributed by atoms with E-state index in [1.807, 2.05) is 23.6 Å². The number of guanidine groups is 1. The van der Waals surface area contributed by atoms with Crippen molar-refractivity contribution in [1.82, 2.24) is 15.1 Å². The molecule has 1 N–H and O–H groups in total. The lowest BCUT2D eigenvalue weighted by Gasteiger charge is -2.49. The van der Waals surface area contributed by atoms with E-state index in [0.29, 0.717) is 19.0 Å². The first-order valence-corrected chi connectivity index (χ1v) is 6.54. The van der Waals surface area contributed by atoms with Crippen LogP contribution < -0.4 is 5.32 Å². The summed E-state index contributed by atoms with van der Waals surface area (Å²) in [7, 11) is 1.70. The molecular weight excluding hydrogens is 367 g/mol. The van der Waals surface area contributed by atoms with Crippen molar-refractivity contribution in [3.05, 3.63) is 0 Å². The number of terminal acetylenes is 1. The number of carbonyl (C=O) groups excluding carboxylic acids is 1. The van der Waals surface area contributed by atoms with Gasteiger partial charge in [-0.05, 0) is 27.7 Å². The van der Waals surface area contributed by atoms with Crippen molar-refractivity contribution in [2.45, 2.75) is 39.3 Å². The molecular formula is C14H25IN4O. The van der Waals surface area contributed by atoms with Crippen LogP contribution in [0.15, 0.2) is 4.99 Å². The molecule has 5 nitrogen and oxygen atoms in total. The van der Waals surface area contributed by atoms with Crippen molar-refractivity contribution in [2.75, 3.05) is 26.7 Å². The molecule has 1 amide bonds. The van der Waals surface area contributed by atoms with Crippen molar-refractivity contribution in [3.63, 3.8) is 0 Å². The van der Waals surface area contributed by atoms with Crippen LogP contribution in [-0.4, -0.2) is 59.9 Å². The first-order valence-electron chi connectivity index (χ1n) is 6.54. The summed E-state index contributed by atoms with van der Waals surface area (Å²) in [5.41, 5.74) is -0.225. The lowest BCUT2D eigenvalue weighted by Crippen LogP contribution is -2.66. The Balaban J connectivity index is 0.00000361. The van der Waals surface area contributed by atoms with Crippen LogP contribution in [0.3, 0.4) is 0 Å². The van der Waals surface area contributed by atoms with E-state index in [0.717, 1.165) is 6.54 Å². The summed E-state index contributed by atoms with van der Waals surface area (Å²) in [4.78, 5) is 20.4. The summed E-state index contributed by atoms with van der Waals surface area (Å²) in [6.07, 6.45) is 5.24. The van der Waals surface area contributed by atoms with Gasteiger partial charge in [0.2, 0.25) is 5.91 Å². The molecule has 0 unspecified atom stereocenters. The first kappa shape index (κ1) is 19.0. The molecule has 1 heterocycles. The third-order valence-corrected chi connectivity index (χ3v) is 3.20. The maximum absolute atomic E-state index is 12.3. The van der Waals surface area contributed by atoms with E-state index >= 15 is 0 Å². The van der Waals surface area contributed by atoms with Crippen molar-refractivity contribution in [2.24, 2.45) is 4.99 Å². The Labute approximate surface area is 139 Å². The highest BCUT2D eigenvalue weighted by molar-refractivity contribution is 14.0. The van der Waals surface area contributed by atoms with Gasteiger partial charge in [-0.3, -0.25) is 9.79 Å². The zero-order chi connectivity index (χ0) is 14.6. The molecule has 20 heavy (non-hydrogen) atoms. The fraction of sp³-hybridized carbons (Fsp3) is 0.714. The van der Waals surface area contributed by atoms with Crippen molar-refractivity contribution in [3.8, 4) is 12.3 Å². The van der Waals surface area contributed by atoms with Crippen LogP contribution in [-0.2, 0) is 4.79 Å². The van der Waals surface area contributed by atoms with Gasteiger partial charge in [-0.2, -0.15) is 0 Å². The Hall–Kier alpha value is -0.970. The number of halogens is 1. The van der Waals surface area contributed by atoms with Gasteiger partial charge in [0, 0.05) is 19.6 Å². The quantitative estimate of drug-likeness (QED) is 0.332. The lowest BCUT2D eigenvalue weighted by atomic mass is 9.96. The number of hydrogen-bond donors (Lipinski definition) is 1. The maximum atomic E-state index is 12.3. The zero-order valence-electron chi connectivity index (χ0n) is 12.9. The van der Waals surface area contributed by atoms with Crippen molar-refractivity contribution >= 4 is 35.8 Å². The van der Waals surface area contributed by atoms with Gasteiger partial charge >= 0.3 is 0 Å². The van der Waals surface area contributed by atoms with E-state index in [-0.39, 0.29) is 41.5 Å². The molecule has 0 spiro atoms. The second-order valence-corrected chi connectivity index (χ2v) is 5.63. The molecule has 1 rings (SSSR count). The minimum Gasteiger partial charge on any atom is -0.345 e. The van der Waals surface area contributed by atoms with E-state index in [2.05, 4.69) is 30.1 Å². The molecule has 0 atom stereocenters. The highest BCUT2D eigenvalue weighted by Crippen LogP contribution is 2.24. The third-order valence-electron chi connectivity index (χ3n) is 3.20. The average Bonchev–Trinajstić information content (AvgIpc) is 2.27. The Morgan fingerprint density at radius 1 is 1.55 bits per heavy atom. The Kier molecular flexibility index (Phi) is 7.34. The van der Waals surface area contributed by atoms with Crippen LogP contribution in [0.25, 0.3) is 0 Å². The summed E-state index contributed by atoms with van der Waals surface area (Å²) in [5.74, 6) is 3.32. The number of carbonyl (C=O) groups is 1. The lowest BCUT2D eigenvalue weighted by molar-refractivity contribution is -0.145. The topological polar surface area (TPSA) is 47.9 Å². The number of nitrogens with zero attached hydrogens (tertiary/aromatic N) is 3. The molecule has 6 heteroatoms. The van der Waals surface area contributed by atoms with E-state index in [1.165, 1.54) is 0 Å². The normalized spacial score (nSPS) is 18.6. The number of aliphatic imine (C=N–C) groups is 1. The summed E-state index contributed by atoms with van der Waals surface area (Å²) in [5, 5.41) is 3.06. The average molecular weight is 392 g/mol. The molecule has 1 aliphatic rings. The van der Waals surface area contributed by atoms with E-state index in [4.69, 9.17) is 6.42 Å². The van der Waals surface area contributed by atoms with Gasteiger partial charge in [0.05, 0.1) is 18.6 Å². The molecule has 0 aromatic heterocycles.